The summed E-state index contributed by atoms with van der Waals surface area (Å²) in [6, 6.07) is 5.23. The summed E-state index contributed by atoms with van der Waals surface area (Å²) in [6.07, 6.45) is 2.65. The third-order valence-corrected chi connectivity index (χ3v) is 2.84. The Balaban J connectivity index is 3.27. The number of alkyl halides is 2. The quantitative estimate of drug-likeness (QED) is 0.653. The van der Waals surface area contributed by atoms with E-state index in [1.807, 2.05) is 19.9 Å². The van der Waals surface area contributed by atoms with E-state index >= 15 is 0 Å². The highest BCUT2D eigenvalue weighted by molar-refractivity contribution is 5.39. The zero-order chi connectivity index (χ0) is 11.6. The molecule has 0 saturated carbocycles. The van der Waals surface area contributed by atoms with E-state index < -0.39 is 11.8 Å². The van der Waals surface area contributed by atoms with Crippen LogP contribution in [0, 0.1) is 26.2 Å². The minimum atomic E-state index is -2.55. The van der Waals surface area contributed by atoms with Gasteiger partial charge in [-0.2, -0.15) is 0 Å². The molecule has 0 saturated heterocycles. The monoisotopic (exact) mass is 208 g/mol. The smallest absolute Gasteiger partial charge is 0.208 e. The lowest BCUT2D eigenvalue weighted by atomic mass is 9.82. The van der Waals surface area contributed by atoms with Gasteiger partial charge in [0.05, 0.1) is 0 Å². The highest BCUT2D eigenvalue weighted by Crippen LogP contribution is 2.31. The Kier molecular flexibility index (Phi) is 3.14. The molecule has 0 fully saturated rings. The predicted molar refractivity (Wildman–Crippen MR) is 58.1 cm³/mol. The van der Waals surface area contributed by atoms with E-state index in [1.54, 1.807) is 12.1 Å². The van der Waals surface area contributed by atoms with Gasteiger partial charge in [0.2, 0.25) is 0 Å². The van der Waals surface area contributed by atoms with Gasteiger partial charge < -0.3 is 0 Å². The molecule has 1 rings (SSSR count). The molecule has 1 unspecified atom stereocenters. The zero-order valence-corrected chi connectivity index (χ0v) is 9.14. The van der Waals surface area contributed by atoms with Gasteiger partial charge in [0.1, 0.15) is 5.41 Å². The van der Waals surface area contributed by atoms with Crippen molar-refractivity contribution in [2.45, 2.75) is 32.6 Å². The SMILES string of the molecule is C#CC(C)(c1ccc(C)c(C)c1)C(F)F. The summed E-state index contributed by atoms with van der Waals surface area (Å²) in [4.78, 5) is 0. The molecule has 15 heavy (non-hydrogen) atoms. The number of hydrogen-bond donors (Lipinski definition) is 0. The average Bonchev–Trinajstić information content (AvgIpc) is 2.20. The van der Waals surface area contributed by atoms with Crippen molar-refractivity contribution in [3.8, 4) is 12.3 Å². The van der Waals surface area contributed by atoms with E-state index in [-0.39, 0.29) is 0 Å². The van der Waals surface area contributed by atoms with E-state index in [1.165, 1.54) is 6.92 Å². The first kappa shape index (κ1) is 11.7. The topological polar surface area (TPSA) is 0 Å². The van der Waals surface area contributed by atoms with Gasteiger partial charge >= 0.3 is 0 Å². The third-order valence-electron chi connectivity index (χ3n) is 2.84. The van der Waals surface area contributed by atoms with Crippen LogP contribution in [0.25, 0.3) is 0 Å². The Hall–Kier alpha value is -1.36. The van der Waals surface area contributed by atoms with Gasteiger partial charge in [0, 0.05) is 0 Å². The third kappa shape index (κ3) is 2.02. The summed E-state index contributed by atoms with van der Waals surface area (Å²) in [5, 5.41) is 0. The summed E-state index contributed by atoms with van der Waals surface area (Å²) in [5.41, 5.74) is 1.07. The van der Waals surface area contributed by atoms with Gasteiger partial charge in [-0.25, -0.2) is 8.78 Å². The van der Waals surface area contributed by atoms with E-state index in [0.717, 1.165) is 11.1 Å². The van der Waals surface area contributed by atoms with Gasteiger partial charge in [-0.1, -0.05) is 24.1 Å². The second-order valence-electron chi connectivity index (χ2n) is 3.95. The second-order valence-corrected chi connectivity index (χ2v) is 3.95. The lowest BCUT2D eigenvalue weighted by Gasteiger charge is -2.23. The molecule has 0 radical (unpaired) electrons. The van der Waals surface area contributed by atoms with E-state index in [0.29, 0.717) is 5.56 Å². The molecule has 1 aromatic carbocycles. The molecule has 1 atom stereocenters. The summed E-state index contributed by atoms with van der Waals surface area (Å²) < 4.78 is 25.7. The first-order valence-electron chi connectivity index (χ1n) is 4.75. The Labute approximate surface area is 89.3 Å². The van der Waals surface area contributed by atoms with Crippen LogP contribution in [0.3, 0.4) is 0 Å². The molecule has 0 aliphatic carbocycles. The van der Waals surface area contributed by atoms with Crippen molar-refractivity contribution in [1.82, 2.24) is 0 Å². The van der Waals surface area contributed by atoms with Crippen LogP contribution in [0.1, 0.15) is 23.6 Å². The first-order chi connectivity index (χ1) is 6.91. The van der Waals surface area contributed by atoms with Gasteiger partial charge in [0.25, 0.3) is 6.43 Å². The maximum atomic E-state index is 12.9. The lowest BCUT2D eigenvalue weighted by Crippen LogP contribution is -2.29. The van der Waals surface area contributed by atoms with E-state index in [9.17, 15) is 8.78 Å². The van der Waals surface area contributed by atoms with Crippen LogP contribution in [0.5, 0.6) is 0 Å². The molecule has 1 aromatic rings. The molecule has 0 aliphatic rings. The average molecular weight is 208 g/mol. The molecule has 0 aliphatic heterocycles. The molecule has 80 valence electrons. The summed E-state index contributed by atoms with van der Waals surface area (Å²) in [6.45, 7) is 5.22. The van der Waals surface area contributed by atoms with Crippen LogP contribution in [0.4, 0.5) is 8.78 Å². The van der Waals surface area contributed by atoms with Crippen molar-refractivity contribution in [2.24, 2.45) is 0 Å². The highest BCUT2D eigenvalue weighted by Gasteiger charge is 2.34. The fourth-order valence-electron chi connectivity index (χ4n) is 1.34. The molecule has 2 heteroatoms. The van der Waals surface area contributed by atoms with Crippen LogP contribution < -0.4 is 0 Å². The molecular formula is C13H14F2. The molecular weight excluding hydrogens is 194 g/mol. The molecule has 0 spiro atoms. The summed E-state index contributed by atoms with van der Waals surface area (Å²) in [7, 11) is 0. The van der Waals surface area contributed by atoms with Crippen molar-refractivity contribution in [2.75, 3.05) is 0 Å². The highest BCUT2D eigenvalue weighted by atomic mass is 19.3. The van der Waals surface area contributed by atoms with Crippen LogP contribution in [0.15, 0.2) is 18.2 Å². The first-order valence-corrected chi connectivity index (χ1v) is 4.75. The number of hydrogen-bond acceptors (Lipinski definition) is 0. The molecule has 0 aromatic heterocycles. The fraction of sp³-hybridized carbons (Fsp3) is 0.385. The van der Waals surface area contributed by atoms with Gasteiger partial charge in [-0.15, -0.1) is 6.42 Å². The number of rotatable bonds is 2. The maximum absolute atomic E-state index is 12.9. The van der Waals surface area contributed by atoms with Crippen LogP contribution >= 0.6 is 0 Å². The van der Waals surface area contributed by atoms with Crippen molar-refractivity contribution < 1.29 is 8.78 Å². The molecule has 0 nitrogen and oxygen atoms in total. The standard InChI is InChI=1S/C13H14F2/c1-5-13(4,12(14)15)11-7-6-9(2)10(3)8-11/h1,6-8,12H,2-4H3. The zero-order valence-electron chi connectivity index (χ0n) is 9.14. The van der Waals surface area contributed by atoms with Crippen molar-refractivity contribution in [3.63, 3.8) is 0 Å². The van der Waals surface area contributed by atoms with E-state index in [2.05, 4.69) is 5.92 Å². The van der Waals surface area contributed by atoms with Crippen molar-refractivity contribution >= 4 is 0 Å². The van der Waals surface area contributed by atoms with Gasteiger partial charge in [-0.3, -0.25) is 0 Å². The molecule has 0 amide bonds. The van der Waals surface area contributed by atoms with Crippen LogP contribution in [-0.4, -0.2) is 6.43 Å². The molecule has 0 bridgehead atoms. The molecule has 0 N–H and O–H groups in total. The lowest BCUT2D eigenvalue weighted by molar-refractivity contribution is 0.0895. The minimum absolute atomic E-state index is 0.503. The minimum Gasteiger partial charge on any atom is -0.208 e. The summed E-state index contributed by atoms with van der Waals surface area (Å²) in [5.74, 6) is 2.19. The number of aryl methyl sites for hydroxylation is 2. The predicted octanol–water partition coefficient (Wildman–Crippen LogP) is 3.46. The normalized spacial score (nSPS) is 14.7. The van der Waals surface area contributed by atoms with Gasteiger partial charge in [0.15, 0.2) is 0 Å². The molecule has 0 heterocycles. The Morgan fingerprint density at radius 3 is 2.27 bits per heavy atom. The van der Waals surface area contributed by atoms with Crippen LogP contribution in [0.2, 0.25) is 0 Å². The van der Waals surface area contributed by atoms with Crippen molar-refractivity contribution in [3.05, 3.63) is 34.9 Å². The second kappa shape index (κ2) is 4.02. The Bertz CT molecular complexity index is 401. The number of terminal acetylenes is 1. The Morgan fingerprint density at radius 2 is 1.87 bits per heavy atom. The van der Waals surface area contributed by atoms with Crippen LogP contribution in [-0.2, 0) is 5.41 Å². The summed E-state index contributed by atoms with van der Waals surface area (Å²) >= 11 is 0. The number of halogens is 2. The maximum Gasteiger partial charge on any atom is 0.258 e. The van der Waals surface area contributed by atoms with E-state index in [4.69, 9.17) is 6.42 Å². The largest absolute Gasteiger partial charge is 0.258 e. The van der Waals surface area contributed by atoms with Crippen molar-refractivity contribution in [1.29, 1.82) is 0 Å². The number of benzene rings is 1. The Morgan fingerprint density at radius 1 is 1.27 bits per heavy atom. The van der Waals surface area contributed by atoms with Gasteiger partial charge in [-0.05, 0) is 37.5 Å². The fourth-order valence-corrected chi connectivity index (χ4v) is 1.34.